The number of para-hydroxylation sites is 1. The molecule has 0 unspecified atom stereocenters. The van der Waals surface area contributed by atoms with Crippen molar-refractivity contribution in [2.75, 3.05) is 10.6 Å². The molecule has 0 saturated heterocycles. The second kappa shape index (κ2) is 7.48. The number of hydrogen-bond acceptors (Lipinski definition) is 4. The molecule has 0 aliphatic heterocycles. The molecule has 0 aliphatic rings. The summed E-state index contributed by atoms with van der Waals surface area (Å²) in [6.07, 6.45) is 3.39. The molecule has 2 aromatic heterocycles. The first kappa shape index (κ1) is 17.7. The molecule has 5 heteroatoms. The highest BCUT2D eigenvalue weighted by Crippen LogP contribution is 2.25. The Bertz CT molecular complexity index is 1160. The van der Waals surface area contributed by atoms with Gasteiger partial charge in [-0.2, -0.15) is 0 Å². The fraction of sp³-hybridized carbons (Fsp3) is 0.0870. The Labute approximate surface area is 163 Å². The van der Waals surface area contributed by atoms with Crippen molar-refractivity contribution >= 4 is 33.9 Å². The summed E-state index contributed by atoms with van der Waals surface area (Å²) in [5, 5.41) is 7.34. The van der Waals surface area contributed by atoms with Crippen LogP contribution in [0, 0.1) is 13.8 Å². The van der Waals surface area contributed by atoms with Gasteiger partial charge in [0.1, 0.15) is 5.69 Å². The van der Waals surface area contributed by atoms with Crippen LogP contribution in [0.4, 0.5) is 17.1 Å². The van der Waals surface area contributed by atoms with E-state index in [2.05, 4.69) is 20.6 Å². The van der Waals surface area contributed by atoms with E-state index in [1.807, 2.05) is 68.4 Å². The molecular formula is C23H20N4O. The number of hydrogen-bond donors (Lipinski definition) is 2. The molecule has 0 spiro atoms. The standard InChI is InChI=1S/C23H20N4O/c1-15-8-9-16(2)20(13-15)27-23(28)21-14-18(10-12-24-21)26-19-7-3-5-17-6-4-11-25-22(17)19/h3-14H,1-2H3,(H,24,26)(H,27,28). The number of nitrogens with zero attached hydrogens (tertiary/aromatic N) is 2. The van der Waals surface area contributed by atoms with E-state index < -0.39 is 0 Å². The van der Waals surface area contributed by atoms with Gasteiger partial charge in [0.25, 0.3) is 5.91 Å². The van der Waals surface area contributed by atoms with Crippen LogP contribution in [0.15, 0.2) is 73.1 Å². The third-order valence-corrected chi connectivity index (χ3v) is 4.55. The molecule has 5 nitrogen and oxygen atoms in total. The van der Waals surface area contributed by atoms with Gasteiger partial charge in [-0.1, -0.05) is 30.3 Å². The molecule has 28 heavy (non-hydrogen) atoms. The van der Waals surface area contributed by atoms with Crippen molar-refractivity contribution < 1.29 is 4.79 Å². The second-order valence-electron chi connectivity index (χ2n) is 6.71. The zero-order valence-electron chi connectivity index (χ0n) is 15.7. The van der Waals surface area contributed by atoms with E-state index in [1.54, 1.807) is 18.5 Å². The number of fused-ring (bicyclic) bond motifs is 1. The van der Waals surface area contributed by atoms with Crippen molar-refractivity contribution in [1.82, 2.24) is 9.97 Å². The van der Waals surface area contributed by atoms with E-state index in [0.29, 0.717) is 5.69 Å². The number of pyridine rings is 2. The van der Waals surface area contributed by atoms with Gasteiger partial charge in [-0.25, -0.2) is 0 Å². The topological polar surface area (TPSA) is 66.9 Å². The van der Waals surface area contributed by atoms with Crippen molar-refractivity contribution in [3.05, 3.63) is 89.9 Å². The van der Waals surface area contributed by atoms with Gasteiger partial charge in [0.2, 0.25) is 0 Å². The summed E-state index contributed by atoms with van der Waals surface area (Å²) in [4.78, 5) is 21.4. The number of benzene rings is 2. The first-order valence-electron chi connectivity index (χ1n) is 9.05. The van der Waals surface area contributed by atoms with Crippen LogP contribution in [0.2, 0.25) is 0 Å². The van der Waals surface area contributed by atoms with Crippen molar-refractivity contribution in [2.24, 2.45) is 0 Å². The van der Waals surface area contributed by atoms with Gasteiger partial charge >= 0.3 is 0 Å². The van der Waals surface area contributed by atoms with Crippen LogP contribution in [-0.4, -0.2) is 15.9 Å². The lowest BCUT2D eigenvalue weighted by Crippen LogP contribution is -2.14. The Balaban J connectivity index is 1.59. The summed E-state index contributed by atoms with van der Waals surface area (Å²) in [6.45, 7) is 3.96. The van der Waals surface area contributed by atoms with Gasteiger partial charge in [-0.15, -0.1) is 0 Å². The number of aryl methyl sites for hydroxylation is 2. The normalized spacial score (nSPS) is 10.6. The Morgan fingerprint density at radius 1 is 0.857 bits per heavy atom. The monoisotopic (exact) mass is 368 g/mol. The molecule has 2 aromatic carbocycles. The highest BCUT2D eigenvalue weighted by atomic mass is 16.1. The number of amides is 1. The summed E-state index contributed by atoms with van der Waals surface area (Å²) in [5.41, 5.74) is 5.78. The molecule has 0 bridgehead atoms. The Morgan fingerprint density at radius 2 is 1.71 bits per heavy atom. The summed E-state index contributed by atoms with van der Waals surface area (Å²) in [6, 6.07) is 19.4. The third kappa shape index (κ3) is 3.69. The Morgan fingerprint density at radius 3 is 2.61 bits per heavy atom. The second-order valence-corrected chi connectivity index (χ2v) is 6.71. The summed E-state index contributed by atoms with van der Waals surface area (Å²) >= 11 is 0. The van der Waals surface area contributed by atoms with Crippen molar-refractivity contribution in [2.45, 2.75) is 13.8 Å². The first-order valence-corrected chi connectivity index (χ1v) is 9.05. The Kier molecular flexibility index (Phi) is 4.72. The Hall–Kier alpha value is -3.73. The van der Waals surface area contributed by atoms with Crippen LogP contribution in [0.5, 0.6) is 0 Å². The average Bonchev–Trinajstić information content (AvgIpc) is 2.71. The summed E-state index contributed by atoms with van der Waals surface area (Å²) < 4.78 is 0. The molecule has 0 atom stereocenters. The largest absolute Gasteiger partial charge is 0.354 e. The molecular weight excluding hydrogens is 348 g/mol. The molecule has 0 radical (unpaired) electrons. The van der Waals surface area contributed by atoms with Gasteiger partial charge < -0.3 is 10.6 Å². The lowest BCUT2D eigenvalue weighted by atomic mass is 10.1. The smallest absolute Gasteiger partial charge is 0.274 e. The molecule has 2 N–H and O–H groups in total. The number of rotatable bonds is 4. The molecule has 4 rings (SSSR count). The third-order valence-electron chi connectivity index (χ3n) is 4.55. The SMILES string of the molecule is Cc1ccc(C)c(NC(=O)c2cc(Nc3cccc4cccnc34)ccn2)c1. The van der Waals surface area contributed by atoms with Gasteiger partial charge in [0, 0.05) is 29.2 Å². The van der Waals surface area contributed by atoms with Gasteiger partial charge in [-0.05, 0) is 55.3 Å². The lowest BCUT2D eigenvalue weighted by molar-refractivity contribution is 0.102. The predicted molar refractivity (Wildman–Crippen MR) is 113 cm³/mol. The first-order chi connectivity index (χ1) is 13.6. The van der Waals surface area contributed by atoms with E-state index in [9.17, 15) is 4.79 Å². The average molecular weight is 368 g/mol. The molecule has 0 fully saturated rings. The number of aromatic nitrogens is 2. The van der Waals surface area contributed by atoms with Crippen LogP contribution in [0.1, 0.15) is 21.6 Å². The van der Waals surface area contributed by atoms with Crippen molar-refractivity contribution in [3.63, 3.8) is 0 Å². The van der Waals surface area contributed by atoms with Crippen LogP contribution >= 0.6 is 0 Å². The molecule has 0 aliphatic carbocycles. The maximum atomic E-state index is 12.7. The zero-order valence-corrected chi connectivity index (χ0v) is 15.7. The van der Waals surface area contributed by atoms with E-state index >= 15 is 0 Å². The number of carbonyl (C=O) groups is 1. The summed E-state index contributed by atoms with van der Waals surface area (Å²) in [5.74, 6) is -0.242. The summed E-state index contributed by atoms with van der Waals surface area (Å²) in [7, 11) is 0. The van der Waals surface area contributed by atoms with Gasteiger partial charge in [0.15, 0.2) is 0 Å². The minimum absolute atomic E-state index is 0.242. The van der Waals surface area contributed by atoms with Gasteiger partial charge in [-0.3, -0.25) is 14.8 Å². The van der Waals surface area contributed by atoms with E-state index in [1.165, 1.54) is 0 Å². The molecule has 1 amide bonds. The zero-order chi connectivity index (χ0) is 19.5. The highest BCUT2D eigenvalue weighted by Gasteiger charge is 2.11. The predicted octanol–water partition coefficient (Wildman–Crippen LogP) is 5.24. The minimum Gasteiger partial charge on any atom is -0.354 e. The number of anilines is 3. The lowest BCUT2D eigenvalue weighted by Gasteiger charge is -2.11. The van der Waals surface area contributed by atoms with E-state index in [-0.39, 0.29) is 5.91 Å². The number of carbonyl (C=O) groups excluding carboxylic acids is 1. The van der Waals surface area contributed by atoms with E-state index in [4.69, 9.17) is 0 Å². The number of nitrogens with one attached hydrogen (secondary N) is 2. The molecule has 2 heterocycles. The molecule has 138 valence electrons. The maximum absolute atomic E-state index is 12.7. The molecule has 4 aromatic rings. The fourth-order valence-corrected chi connectivity index (χ4v) is 3.05. The van der Waals surface area contributed by atoms with Crippen LogP contribution in [0.3, 0.4) is 0 Å². The van der Waals surface area contributed by atoms with Crippen LogP contribution in [0.25, 0.3) is 10.9 Å². The highest BCUT2D eigenvalue weighted by molar-refractivity contribution is 6.04. The van der Waals surface area contributed by atoms with Crippen molar-refractivity contribution in [1.29, 1.82) is 0 Å². The fourth-order valence-electron chi connectivity index (χ4n) is 3.05. The van der Waals surface area contributed by atoms with Crippen LogP contribution in [-0.2, 0) is 0 Å². The quantitative estimate of drug-likeness (QED) is 0.517. The van der Waals surface area contributed by atoms with E-state index in [0.717, 1.165) is 39.1 Å². The van der Waals surface area contributed by atoms with Crippen LogP contribution < -0.4 is 10.6 Å². The minimum atomic E-state index is -0.242. The maximum Gasteiger partial charge on any atom is 0.274 e. The van der Waals surface area contributed by atoms with Crippen molar-refractivity contribution in [3.8, 4) is 0 Å². The van der Waals surface area contributed by atoms with Gasteiger partial charge in [0.05, 0.1) is 11.2 Å². The molecule has 0 saturated carbocycles.